The van der Waals surface area contributed by atoms with E-state index in [2.05, 4.69) is 18.3 Å². The molecule has 4 heteroatoms. The fraction of sp³-hybridized carbons (Fsp3) is 0.353. The molecule has 21 heavy (non-hydrogen) atoms. The fourth-order valence-electron chi connectivity index (χ4n) is 2.41. The van der Waals surface area contributed by atoms with Gasteiger partial charge in [-0.05, 0) is 48.9 Å². The Bertz CT molecular complexity index is 620. The molecule has 0 saturated carbocycles. The van der Waals surface area contributed by atoms with Crippen LogP contribution in [-0.2, 0) is 0 Å². The van der Waals surface area contributed by atoms with Crippen LogP contribution in [0.4, 0.5) is 5.69 Å². The first kappa shape index (κ1) is 15.6. The van der Waals surface area contributed by atoms with Crippen molar-refractivity contribution in [2.24, 2.45) is 0 Å². The number of nitrogen functional groups attached to an aromatic ring is 1. The average molecular weight is 302 g/mol. The molecule has 2 rings (SSSR count). The van der Waals surface area contributed by atoms with Gasteiger partial charge in [-0.15, -0.1) is 11.3 Å². The van der Waals surface area contributed by atoms with Crippen LogP contribution in [0.15, 0.2) is 29.6 Å². The van der Waals surface area contributed by atoms with Crippen molar-refractivity contribution in [3.63, 3.8) is 0 Å². The first-order valence-corrected chi connectivity index (χ1v) is 8.12. The Morgan fingerprint density at radius 1 is 1.33 bits per heavy atom. The van der Waals surface area contributed by atoms with Crippen LogP contribution in [0.3, 0.4) is 0 Å². The van der Waals surface area contributed by atoms with Crippen LogP contribution in [0.2, 0.25) is 0 Å². The molecule has 0 aliphatic heterocycles. The molecule has 0 fully saturated rings. The van der Waals surface area contributed by atoms with E-state index >= 15 is 0 Å². The van der Waals surface area contributed by atoms with E-state index in [1.807, 2.05) is 31.4 Å². The number of rotatable bonds is 5. The van der Waals surface area contributed by atoms with Gasteiger partial charge in [-0.3, -0.25) is 4.79 Å². The third kappa shape index (κ3) is 3.64. The summed E-state index contributed by atoms with van der Waals surface area (Å²) in [5.74, 6) is -0.0500. The third-order valence-electron chi connectivity index (χ3n) is 3.63. The minimum atomic E-state index is -0.0500. The second kappa shape index (κ2) is 6.76. The highest BCUT2D eigenvalue weighted by Gasteiger charge is 2.17. The highest BCUT2D eigenvalue weighted by Crippen LogP contribution is 2.25. The van der Waals surface area contributed by atoms with Gasteiger partial charge in [0.25, 0.3) is 5.91 Å². The van der Waals surface area contributed by atoms with E-state index < -0.39 is 0 Å². The zero-order valence-corrected chi connectivity index (χ0v) is 13.6. The molecule has 1 amide bonds. The lowest BCUT2D eigenvalue weighted by Crippen LogP contribution is -2.28. The molecular formula is C17H22N2OS. The van der Waals surface area contributed by atoms with Crippen molar-refractivity contribution in [2.75, 3.05) is 5.73 Å². The monoisotopic (exact) mass is 302 g/mol. The Morgan fingerprint density at radius 3 is 2.71 bits per heavy atom. The van der Waals surface area contributed by atoms with Gasteiger partial charge in [-0.2, -0.15) is 0 Å². The minimum absolute atomic E-state index is 0.0500. The predicted octanol–water partition coefficient (Wildman–Crippen LogP) is 4.22. The second-order valence-electron chi connectivity index (χ2n) is 5.35. The maximum Gasteiger partial charge on any atom is 0.252 e. The molecule has 1 atom stereocenters. The van der Waals surface area contributed by atoms with Gasteiger partial charge in [0.1, 0.15) is 0 Å². The van der Waals surface area contributed by atoms with Gasteiger partial charge >= 0.3 is 0 Å². The lowest BCUT2D eigenvalue weighted by Gasteiger charge is -2.18. The summed E-state index contributed by atoms with van der Waals surface area (Å²) in [6.45, 7) is 6.03. The number of thiophene rings is 1. The summed E-state index contributed by atoms with van der Waals surface area (Å²) in [7, 11) is 0. The molecule has 0 radical (unpaired) electrons. The maximum atomic E-state index is 12.5. The lowest BCUT2D eigenvalue weighted by molar-refractivity contribution is 0.0934. The molecule has 1 aromatic carbocycles. The minimum Gasteiger partial charge on any atom is -0.398 e. The highest BCUT2D eigenvalue weighted by atomic mass is 32.1. The van der Waals surface area contributed by atoms with E-state index in [4.69, 9.17) is 5.73 Å². The fourth-order valence-corrected chi connectivity index (χ4v) is 3.23. The Kier molecular flexibility index (Phi) is 5.02. The Labute approximate surface area is 130 Å². The number of benzene rings is 1. The van der Waals surface area contributed by atoms with E-state index in [1.165, 1.54) is 4.88 Å². The summed E-state index contributed by atoms with van der Waals surface area (Å²) in [4.78, 5) is 13.7. The van der Waals surface area contributed by atoms with E-state index in [1.54, 1.807) is 17.4 Å². The van der Waals surface area contributed by atoms with Crippen molar-refractivity contribution < 1.29 is 4.79 Å². The Balaban J connectivity index is 2.21. The summed E-state index contributed by atoms with van der Waals surface area (Å²) >= 11 is 1.68. The van der Waals surface area contributed by atoms with Crippen molar-refractivity contribution >= 4 is 22.9 Å². The number of aryl methyl sites for hydroxylation is 2. The van der Waals surface area contributed by atoms with Crippen molar-refractivity contribution in [1.82, 2.24) is 5.32 Å². The van der Waals surface area contributed by atoms with Crippen LogP contribution in [-0.4, -0.2) is 5.91 Å². The largest absolute Gasteiger partial charge is 0.398 e. The normalized spacial score (nSPS) is 12.1. The topological polar surface area (TPSA) is 55.1 Å². The molecule has 0 bridgehead atoms. The zero-order chi connectivity index (χ0) is 15.4. The van der Waals surface area contributed by atoms with Gasteiger partial charge in [-0.25, -0.2) is 0 Å². The van der Waals surface area contributed by atoms with Crippen LogP contribution < -0.4 is 11.1 Å². The van der Waals surface area contributed by atoms with Crippen molar-refractivity contribution in [1.29, 1.82) is 0 Å². The van der Waals surface area contributed by atoms with Gasteiger partial charge in [0.2, 0.25) is 0 Å². The first-order chi connectivity index (χ1) is 10.0. The number of nitrogens with one attached hydrogen (secondary N) is 1. The van der Waals surface area contributed by atoms with Crippen LogP contribution in [0, 0.1) is 13.8 Å². The smallest absolute Gasteiger partial charge is 0.252 e. The molecule has 3 N–H and O–H groups in total. The van der Waals surface area contributed by atoms with Gasteiger partial charge in [0, 0.05) is 16.1 Å². The Morgan fingerprint density at radius 2 is 2.10 bits per heavy atom. The van der Waals surface area contributed by atoms with Crippen molar-refractivity contribution in [2.45, 2.75) is 39.7 Å². The lowest BCUT2D eigenvalue weighted by atomic mass is 10.0. The van der Waals surface area contributed by atoms with E-state index in [0.717, 1.165) is 24.0 Å². The van der Waals surface area contributed by atoms with Crippen molar-refractivity contribution in [3.05, 3.63) is 51.2 Å². The van der Waals surface area contributed by atoms with Crippen LogP contribution in [0.1, 0.15) is 52.2 Å². The molecule has 112 valence electrons. The predicted molar refractivity (Wildman–Crippen MR) is 89.8 cm³/mol. The number of hydrogen-bond acceptors (Lipinski definition) is 3. The van der Waals surface area contributed by atoms with Crippen LogP contribution >= 0.6 is 11.3 Å². The molecule has 1 unspecified atom stereocenters. The molecule has 3 nitrogen and oxygen atoms in total. The third-order valence-corrected chi connectivity index (χ3v) is 4.61. The van der Waals surface area contributed by atoms with Gasteiger partial charge in [-0.1, -0.05) is 25.5 Å². The van der Waals surface area contributed by atoms with E-state index in [9.17, 15) is 4.79 Å². The summed E-state index contributed by atoms with van der Waals surface area (Å²) in [6, 6.07) is 7.90. The summed E-state index contributed by atoms with van der Waals surface area (Å²) in [5, 5.41) is 5.18. The van der Waals surface area contributed by atoms with Gasteiger partial charge in [0.15, 0.2) is 0 Å². The number of carbonyl (C=O) groups is 1. The molecule has 0 spiro atoms. The summed E-state index contributed by atoms with van der Waals surface area (Å²) in [5.41, 5.74) is 9.22. The van der Waals surface area contributed by atoms with Gasteiger partial charge in [0.05, 0.1) is 6.04 Å². The zero-order valence-electron chi connectivity index (χ0n) is 12.8. The number of anilines is 1. The number of hydrogen-bond donors (Lipinski definition) is 2. The van der Waals surface area contributed by atoms with Crippen molar-refractivity contribution in [3.8, 4) is 0 Å². The van der Waals surface area contributed by atoms with E-state index in [0.29, 0.717) is 11.3 Å². The van der Waals surface area contributed by atoms with E-state index in [-0.39, 0.29) is 11.9 Å². The highest BCUT2D eigenvalue weighted by molar-refractivity contribution is 7.10. The molecule has 0 saturated heterocycles. The number of carbonyl (C=O) groups excluding carboxylic acids is 1. The quantitative estimate of drug-likeness (QED) is 0.813. The standard InChI is InChI=1S/C17H22N2OS/c1-4-6-15(16-7-5-8-21-16)19-17(20)13-10-14(18)12(3)9-11(13)2/h5,7-10,15H,4,6,18H2,1-3H3,(H,19,20). The molecule has 2 aromatic rings. The second-order valence-corrected chi connectivity index (χ2v) is 6.33. The molecule has 1 aromatic heterocycles. The SMILES string of the molecule is CCCC(NC(=O)c1cc(N)c(C)cc1C)c1cccs1. The molecule has 0 aliphatic rings. The maximum absolute atomic E-state index is 12.5. The number of amides is 1. The summed E-state index contributed by atoms with van der Waals surface area (Å²) < 4.78 is 0. The number of nitrogens with two attached hydrogens (primary N) is 1. The summed E-state index contributed by atoms with van der Waals surface area (Å²) in [6.07, 6.45) is 1.96. The Hall–Kier alpha value is -1.81. The molecule has 0 aliphatic carbocycles. The molecule has 1 heterocycles. The first-order valence-electron chi connectivity index (χ1n) is 7.24. The average Bonchev–Trinajstić information content (AvgIpc) is 2.96. The van der Waals surface area contributed by atoms with Gasteiger partial charge < -0.3 is 11.1 Å². The van der Waals surface area contributed by atoms with Crippen LogP contribution in [0.25, 0.3) is 0 Å². The van der Waals surface area contributed by atoms with Crippen LogP contribution in [0.5, 0.6) is 0 Å². The molecular weight excluding hydrogens is 280 g/mol.